The molecule has 0 bridgehead atoms. The zero-order valence-electron chi connectivity index (χ0n) is 20.7. The van der Waals surface area contributed by atoms with Gasteiger partial charge in [0.15, 0.2) is 0 Å². The van der Waals surface area contributed by atoms with E-state index >= 15 is 0 Å². The lowest BCUT2D eigenvalue weighted by Crippen LogP contribution is -2.39. The number of benzene rings is 1. The number of carbonyl (C=O) groups excluding carboxylic acids is 2. The summed E-state index contributed by atoms with van der Waals surface area (Å²) in [5, 5.41) is 3.12. The third kappa shape index (κ3) is 5.31. The molecular formula is C27H37N5O2. The minimum atomic E-state index is -0.171. The maximum atomic E-state index is 13.1. The van der Waals surface area contributed by atoms with Crippen LogP contribution in [0, 0.1) is 12.8 Å². The van der Waals surface area contributed by atoms with E-state index in [0.717, 1.165) is 35.2 Å². The summed E-state index contributed by atoms with van der Waals surface area (Å²) in [5.41, 5.74) is 11.9. The molecule has 7 heteroatoms. The van der Waals surface area contributed by atoms with Crippen molar-refractivity contribution in [3.8, 4) is 0 Å². The van der Waals surface area contributed by atoms with E-state index in [9.17, 15) is 9.59 Å². The molecule has 0 spiro atoms. The molecule has 3 unspecified atom stereocenters. The molecule has 7 nitrogen and oxygen atoms in total. The highest BCUT2D eigenvalue weighted by Gasteiger charge is 2.30. The standard InChI is InChI=1S/C27H37N5O2/c1-17(21-8-6-5-7-9-21)27(34)32-13-12-24-22(16-32)14-28-18(2)25(24)15-29-26(33)11-10-23-19(3)30-31-20(23)4/h5-9,14,17,19-20,23,30-31H,10-13,15-16H2,1-4H3,(H,29,33). The summed E-state index contributed by atoms with van der Waals surface area (Å²) in [4.78, 5) is 32.3. The molecule has 182 valence electrons. The first-order valence-corrected chi connectivity index (χ1v) is 12.4. The Morgan fingerprint density at radius 2 is 1.88 bits per heavy atom. The molecule has 34 heavy (non-hydrogen) atoms. The first-order valence-electron chi connectivity index (χ1n) is 12.4. The number of pyridine rings is 1. The molecule has 0 saturated carbocycles. The molecule has 0 radical (unpaired) electrons. The van der Waals surface area contributed by atoms with Crippen molar-refractivity contribution in [2.75, 3.05) is 6.54 Å². The van der Waals surface area contributed by atoms with Crippen LogP contribution in [0.1, 0.15) is 67.5 Å². The number of nitrogens with zero attached hydrogens (tertiary/aromatic N) is 2. The Balaban J connectivity index is 1.37. The van der Waals surface area contributed by atoms with Crippen LogP contribution < -0.4 is 16.2 Å². The Hall–Kier alpha value is -2.77. The van der Waals surface area contributed by atoms with Gasteiger partial charge in [0.05, 0.1) is 5.92 Å². The smallest absolute Gasteiger partial charge is 0.230 e. The number of aromatic nitrogens is 1. The summed E-state index contributed by atoms with van der Waals surface area (Å²) in [7, 11) is 0. The largest absolute Gasteiger partial charge is 0.352 e. The van der Waals surface area contributed by atoms with E-state index in [-0.39, 0.29) is 17.7 Å². The Labute approximate surface area is 202 Å². The van der Waals surface area contributed by atoms with E-state index in [1.807, 2.05) is 55.3 Å². The lowest BCUT2D eigenvalue weighted by atomic mass is 9.91. The van der Waals surface area contributed by atoms with Crippen LogP contribution in [0.2, 0.25) is 0 Å². The minimum absolute atomic E-state index is 0.0765. The predicted octanol–water partition coefficient (Wildman–Crippen LogP) is 2.98. The van der Waals surface area contributed by atoms with Crippen molar-refractivity contribution in [3.63, 3.8) is 0 Å². The van der Waals surface area contributed by atoms with Gasteiger partial charge in [0, 0.05) is 50.0 Å². The van der Waals surface area contributed by atoms with E-state index in [4.69, 9.17) is 0 Å². The van der Waals surface area contributed by atoms with Crippen LogP contribution in [-0.4, -0.2) is 40.3 Å². The Morgan fingerprint density at radius 1 is 1.18 bits per heavy atom. The van der Waals surface area contributed by atoms with Crippen molar-refractivity contribution >= 4 is 11.8 Å². The quantitative estimate of drug-likeness (QED) is 0.588. The highest BCUT2D eigenvalue weighted by atomic mass is 16.2. The topological polar surface area (TPSA) is 86.4 Å². The van der Waals surface area contributed by atoms with Gasteiger partial charge < -0.3 is 10.2 Å². The average Bonchev–Trinajstić information content (AvgIpc) is 3.18. The van der Waals surface area contributed by atoms with Crippen molar-refractivity contribution in [1.82, 2.24) is 26.1 Å². The van der Waals surface area contributed by atoms with Gasteiger partial charge in [0.25, 0.3) is 0 Å². The van der Waals surface area contributed by atoms with E-state index in [1.165, 1.54) is 5.56 Å². The molecule has 1 aromatic carbocycles. The maximum Gasteiger partial charge on any atom is 0.230 e. The number of amides is 2. The highest BCUT2D eigenvalue weighted by molar-refractivity contribution is 5.83. The van der Waals surface area contributed by atoms with Crippen LogP contribution in [-0.2, 0) is 29.1 Å². The second-order valence-electron chi connectivity index (χ2n) is 9.81. The second-order valence-corrected chi connectivity index (χ2v) is 9.81. The summed E-state index contributed by atoms with van der Waals surface area (Å²) in [6, 6.07) is 10.7. The molecule has 1 fully saturated rings. The van der Waals surface area contributed by atoms with Crippen molar-refractivity contribution in [2.24, 2.45) is 5.92 Å². The van der Waals surface area contributed by atoms with Crippen LogP contribution in [0.15, 0.2) is 36.5 Å². The molecule has 0 aliphatic carbocycles. The summed E-state index contributed by atoms with van der Waals surface area (Å²) >= 11 is 0. The molecule has 3 atom stereocenters. The van der Waals surface area contributed by atoms with Crippen LogP contribution >= 0.6 is 0 Å². The Bertz CT molecular complexity index is 1020. The number of rotatable bonds is 7. The van der Waals surface area contributed by atoms with Crippen LogP contribution in [0.3, 0.4) is 0 Å². The molecule has 2 amide bonds. The monoisotopic (exact) mass is 463 g/mol. The van der Waals surface area contributed by atoms with Gasteiger partial charge in [0.2, 0.25) is 11.8 Å². The fourth-order valence-electron chi connectivity index (χ4n) is 5.29. The third-order valence-electron chi connectivity index (χ3n) is 7.57. The van der Waals surface area contributed by atoms with Crippen LogP contribution in [0.4, 0.5) is 0 Å². The SMILES string of the molecule is Cc1ncc2c(c1CNC(=O)CCC1C(C)NNC1C)CCN(C(=O)C(C)c1ccccc1)C2. The van der Waals surface area contributed by atoms with Gasteiger partial charge in [-0.1, -0.05) is 30.3 Å². The Kier molecular flexibility index (Phi) is 7.63. The summed E-state index contributed by atoms with van der Waals surface area (Å²) in [6.07, 6.45) is 4.05. The summed E-state index contributed by atoms with van der Waals surface area (Å²) in [6.45, 7) is 10.0. The molecule has 1 aromatic heterocycles. The number of nitrogens with one attached hydrogen (secondary N) is 3. The molecular weight excluding hydrogens is 426 g/mol. The minimum Gasteiger partial charge on any atom is -0.352 e. The van der Waals surface area contributed by atoms with Crippen LogP contribution in [0.25, 0.3) is 0 Å². The molecule has 2 aliphatic heterocycles. The average molecular weight is 464 g/mol. The summed E-state index contributed by atoms with van der Waals surface area (Å²) in [5.74, 6) is 0.496. The number of hydrazine groups is 1. The number of hydrogen-bond donors (Lipinski definition) is 3. The second kappa shape index (κ2) is 10.7. The number of hydrogen-bond acceptors (Lipinski definition) is 5. The lowest BCUT2D eigenvalue weighted by Gasteiger charge is -2.32. The van der Waals surface area contributed by atoms with Gasteiger partial charge in [-0.2, -0.15) is 0 Å². The van der Waals surface area contributed by atoms with Crippen LogP contribution in [0.5, 0.6) is 0 Å². The van der Waals surface area contributed by atoms with E-state index in [0.29, 0.717) is 44.1 Å². The van der Waals surface area contributed by atoms with Gasteiger partial charge in [-0.25, -0.2) is 0 Å². The molecule has 2 aromatic rings. The maximum absolute atomic E-state index is 13.1. The number of aryl methyl sites for hydroxylation is 1. The molecule has 1 saturated heterocycles. The zero-order chi connectivity index (χ0) is 24.2. The normalized spacial score (nSPS) is 22.8. The molecule has 3 N–H and O–H groups in total. The number of fused-ring (bicyclic) bond motifs is 1. The fraction of sp³-hybridized carbons (Fsp3) is 0.519. The molecule has 2 aliphatic rings. The third-order valence-corrected chi connectivity index (χ3v) is 7.57. The number of carbonyl (C=O) groups is 2. The van der Waals surface area contributed by atoms with Gasteiger partial charge in [-0.15, -0.1) is 0 Å². The van der Waals surface area contributed by atoms with Gasteiger partial charge in [-0.05, 0) is 68.7 Å². The van der Waals surface area contributed by atoms with Gasteiger partial charge in [-0.3, -0.25) is 25.4 Å². The predicted molar refractivity (Wildman–Crippen MR) is 133 cm³/mol. The lowest BCUT2D eigenvalue weighted by molar-refractivity contribution is -0.133. The zero-order valence-corrected chi connectivity index (χ0v) is 20.7. The van der Waals surface area contributed by atoms with Gasteiger partial charge in [0.1, 0.15) is 0 Å². The van der Waals surface area contributed by atoms with Crippen molar-refractivity contribution in [3.05, 3.63) is 64.5 Å². The first kappa shape index (κ1) is 24.4. The van der Waals surface area contributed by atoms with Crippen molar-refractivity contribution in [2.45, 2.75) is 78.0 Å². The summed E-state index contributed by atoms with van der Waals surface area (Å²) < 4.78 is 0. The highest BCUT2D eigenvalue weighted by Crippen LogP contribution is 2.27. The van der Waals surface area contributed by atoms with E-state index in [2.05, 4.69) is 35.0 Å². The van der Waals surface area contributed by atoms with E-state index in [1.54, 1.807) is 0 Å². The van der Waals surface area contributed by atoms with E-state index < -0.39 is 0 Å². The van der Waals surface area contributed by atoms with Gasteiger partial charge >= 0.3 is 0 Å². The molecule has 4 rings (SSSR count). The van der Waals surface area contributed by atoms with Crippen molar-refractivity contribution < 1.29 is 9.59 Å². The van der Waals surface area contributed by atoms with Crippen molar-refractivity contribution in [1.29, 1.82) is 0 Å². The Morgan fingerprint density at radius 3 is 2.59 bits per heavy atom. The first-order chi connectivity index (χ1) is 16.3. The fourth-order valence-corrected chi connectivity index (χ4v) is 5.29. The molecule has 3 heterocycles.